The van der Waals surface area contributed by atoms with Gasteiger partial charge in [-0.05, 0) is 66.7 Å². The minimum atomic E-state index is -2.92. The highest BCUT2D eigenvalue weighted by Gasteiger charge is 2.32. The monoisotopic (exact) mass is 536 g/mol. The molecule has 4 rings (SSSR count). The summed E-state index contributed by atoms with van der Waals surface area (Å²) in [6.07, 6.45) is 3.79. The molecule has 0 aliphatic carbocycles. The van der Waals surface area contributed by atoms with Crippen LogP contribution < -0.4 is 9.47 Å². The molecule has 5 nitrogen and oxygen atoms in total. The molecule has 4 aromatic carbocycles. The summed E-state index contributed by atoms with van der Waals surface area (Å²) in [7, 11) is -0.00690. The van der Waals surface area contributed by atoms with Gasteiger partial charge in [-0.15, -0.1) is 0 Å². The van der Waals surface area contributed by atoms with Gasteiger partial charge in [-0.2, -0.15) is 0 Å². The molecule has 4 aromatic rings. The van der Waals surface area contributed by atoms with Crippen LogP contribution in [0.3, 0.4) is 0 Å². The van der Waals surface area contributed by atoms with Crippen molar-refractivity contribution in [1.29, 1.82) is 0 Å². The van der Waals surface area contributed by atoms with Gasteiger partial charge in [-0.3, -0.25) is 13.2 Å². The molecule has 0 saturated carbocycles. The third-order valence-corrected chi connectivity index (χ3v) is 7.22. The minimum absolute atomic E-state index is 0. The first kappa shape index (κ1) is 29.7. The topological polar surface area (TPSA) is 69.7 Å². The van der Waals surface area contributed by atoms with E-state index in [1.807, 2.05) is 54.6 Å². The minimum Gasteiger partial charge on any atom is -0.497 e. The Hall–Kier alpha value is -3.55. The lowest BCUT2D eigenvalue weighted by atomic mass is 10.0. The summed E-state index contributed by atoms with van der Waals surface area (Å²) in [6.45, 7) is 0. The lowest BCUT2D eigenvalue weighted by Crippen LogP contribution is -2.08. The van der Waals surface area contributed by atoms with Crippen LogP contribution in [-0.2, 0) is 20.7 Å². The zero-order valence-corrected chi connectivity index (χ0v) is 22.0. The van der Waals surface area contributed by atoms with Crippen molar-refractivity contribution in [3.8, 4) is 11.5 Å². The first-order chi connectivity index (χ1) is 17.2. The molecule has 37 heavy (non-hydrogen) atoms. The molecule has 0 atom stereocenters. The maximum atomic E-state index is 13.0. The highest BCUT2D eigenvalue weighted by Crippen LogP contribution is 2.37. The van der Waals surface area contributed by atoms with Crippen LogP contribution in [0, 0.1) is 6.26 Å². The highest BCUT2D eigenvalue weighted by atomic mass is 32.2. The van der Waals surface area contributed by atoms with E-state index in [0.29, 0.717) is 16.9 Å². The average molecular weight is 537 g/mol. The molecule has 0 heterocycles. The van der Waals surface area contributed by atoms with Crippen LogP contribution in [0.1, 0.15) is 23.3 Å². The molecule has 0 aliphatic heterocycles. The predicted octanol–water partition coefficient (Wildman–Crippen LogP) is 6.49. The number of benzene rings is 4. The normalized spacial score (nSPS) is 10.5. The van der Waals surface area contributed by atoms with Crippen LogP contribution in [0.2, 0.25) is 0 Å². The average Bonchev–Trinajstić information content (AvgIpc) is 2.89. The molecule has 0 spiro atoms. The Balaban J connectivity index is 0.000000734. The number of rotatable bonds is 7. The first-order valence-electron chi connectivity index (χ1n) is 11.0. The quantitative estimate of drug-likeness (QED) is 0.153. The summed E-state index contributed by atoms with van der Waals surface area (Å²) in [6, 6.07) is 33.6. The largest absolute Gasteiger partial charge is 0.497 e. The van der Waals surface area contributed by atoms with E-state index < -0.39 is 9.84 Å². The van der Waals surface area contributed by atoms with Gasteiger partial charge in [0.15, 0.2) is 21.3 Å². The first-order valence-corrected chi connectivity index (χ1v) is 14.2. The number of hydrogen-bond acceptors (Lipinski definition) is 5. The smallest absolute Gasteiger partial charge is 0.208 e. The lowest BCUT2D eigenvalue weighted by molar-refractivity contribution is 0.103. The van der Waals surface area contributed by atoms with Crippen molar-refractivity contribution >= 4 is 26.5 Å². The fraction of sp³-hybridized carbons (Fsp3) is 0.133. The van der Waals surface area contributed by atoms with Gasteiger partial charge in [0.05, 0.1) is 14.2 Å². The van der Waals surface area contributed by atoms with Crippen LogP contribution in [0.15, 0.2) is 118 Å². The van der Waals surface area contributed by atoms with Gasteiger partial charge < -0.3 is 9.47 Å². The highest BCUT2D eigenvalue weighted by molar-refractivity contribution is 7.97. The number of carbonyl (C=O) groups is 1. The Morgan fingerprint density at radius 1 is 0.730 bits per heavy atom. The predicted molar refractivity (Wildman–Crippen MR) is 151 cm³/mol. The van der Waals surface area contributed by atoms with Crippen LogP contribution in [0.4, 0.5) is 0 Å². The maximum Gasteiger partial charge on any atom is 0.208 e. The molecule has 0 radical (unpaired) electrons. The van der Waals surface area contributed by atoms with Crippen molar-refractivity contribution in [2.75, 3.05) is 20.5 Å². The third-order valence-electron chi connectivity index (χ3n) is 4.96. The van der Waals surface area contributed by atoms with Crippen molar-refractivity contribution in [2.45, 2.75) is 22.1 Å². The van der Waals surface area contributed by atoms with Crippen LogP contribution >= 0.6 is 0 Å². The maximum absolute atomic E-state index is 13.0. The summed E-state index contributed by atoms with van der Waals surface area (Å²) in [4.78, 5) is 16.5. The summed E-state index contributed by atoms with van der Waals surface area (Å²) < 4.78 is 30.0. The summed E-state index contributed by atoms with van der Waals surface area (Å²) in [5, 5.41) is 0. The van der Waals surface area contributed by atoms with E-state index in [0.717, 1.165) is 16.9 Å². The van der Waals surface area contributed by atoms with Gasteiger partial charge in [0, 0.05) is 27.2 Å². The number of ketones is 1. The molecular formula is C30H32O5S2. The number of ether oxygens (including phenoxy) is 2. The second-order valence-corrected chi connectivity index (χ2v) is 11.6. The molecule has 7 heteroatoms. The second kappa shape index (κ2) is 13.7. The van der Waals surface area contributed by atoms with E-state index >= 15 is 0 Å². The lowest BCUT2D eigenvalue weighted by Gasteiger charge is -2.12. The Labute approximate surface area is 223 Å². The summed E-state index contributed by atoms with van der Waals surface area (Å²) in [5.74, 6) is 1.38. The SMILES string of the molecule is C.COc1ccc(C(=O)c2ccc([S+](c3ccccc3)c3ccccc3)c(OC)c2)cc1.[CH2-]S(C)(=O)=O. The number of sulfone groups is 1. The summed E-state index contributed by atoms with van der Waals surface area (Å²) in [5.41, 5.74) is 1.20. The molecule has 0 unspecified atom stereocenters. The molecular weight excluding hydrogens is 504 g/mol. The fourth-order valence-corrected chi connectivity index (χ4v) is 5.58. The number of hydrogen-bond donors (Lipinski definition) is 0. The standard InChI is InChI=1S/C27H23O3S.C2H5O2S.CH4/c1-29-22-16-13-20(14-17-22)27(28)21-15-18-26(25(19-21)30-2)31(23-9-5-3-6-10-23)24-11-7-4-8-12-24;1-5(2,3)4;/h3-19H,1-2H3;1H2,2H3;1H4/q+1;-1;. The molecule has 0 aliphatic rings. The van der Waals surface area contributed by atoms with Crippen molar-refractivity contribution in [2.24, 2.45) is 0 Å². The Morgan fingerprint density at radius 3 is 1.62 bits per heavy atom. The van der Waals surface area contributed by atoms with Gasteiger partial charge in [0.1, 0.15) is 16.6 Å². The zero-order valence-electron chi connectivity index (χ0n) is 20.4. The van der Waals surface area contributed by atoms with Gasteiger partial charge >= 0.3 is 0 Å². The van der Waals surface area contributed by atoms with Crippen LogP contribution in [-0.4, -0.2) is 34.7 Å². The van der Waals surface area contributed by atoms with Gasteiger partial charge in [0.25, 0.3) is 0 Å². The zero-order chi connectivity index (χ0) is 26.1. The molecule has 0 N–H and O–H groups in total. The van der Waals surface area contributed by atoms with E-state index in [2.05, 4.69) is 30.5 Å². The van der Waals surface area contributed by atoms with Crippen molar-refractivity contribution in [3.05, 3.63) is 121 Å². The Morgan fingerprint density at radius 2 is 1.19 bits per heavy atom. The van der Waals surface area contributed by atoms with Crippen molar-refractivity contribution in [3.63, 3.8) is 0 Å². The number of carbonyl (C=O) groups excluding carboxylic acids is 1. The third kappa shape index (κ3) is 8.51. The van der Waals surface area contributed by atoms with Gasteiger partial charge in [-0.25, -0.2) is 6.26 Å². The van der Waals surface area contributed by atoms with Gasteiger partial charge in [0.2, 0.25) is 4.90 Å². The molecule has 0 fully saturated rings. The van der Waals surface area contributed by atoms with E-state index in [4.69, 9.17) is 9.47 Å². The van der Waals surface area contributed by atoms with E-state index in [-0.39, 0.29) is 24.1 Å². The van der Waals surface area contributed by atoms with Crippen molar-refractivity contribution in [1.82, 2.24) is 0 Å². The van der Waals surface area contributed by atoms with Crippen molar-refractivity contribution < 1.29 is 22.7 Å². The molecule has 0 bridgehead atoms. The Bertz CT molecular complexity index is 1340. The van der Waals surface area contributed by atoms with E-state index in [1.165, 1.54) is 9.79 Å². The van der Waals surface area contributed by atoms with Crippen LogP contribution in [0.25, 0.3) is 0 Å². The second-order valence-electron chi connectivity index (χ2n) is 7.78. The Kier molecular flexibility index (Phi) is 11.0. The van der Waals surface area contributed by atoms with E-state index in [9.17, 15) is 13.2 Å². The molecule has 0 amide bonds. The fourth-order valence-electron chi connectivity index (χ4n) is 3.39. The molecule has 0 aromatic heterocycles. The van der Waals surface area contributed by atoms with Gasteiger partial charge in [-0.1, -0.05) is 43.8 Å². The van der Waals surface area contributed by atoms with E-state index in [1.54, 1.807) is 38.5 Å². The summed E-state index contributed by atoms with van der Waals surface area (Å²) >= 11 is 0. The molecule has 194 valence electrons. The molecule has 0 saturated heterocycles. The number of methoxy groups -OCH3 is 2. The van der Waals surface area contributed by atoms with Crippen LogP contribution in [0.5, 0.6) is 11.5 Å².